The fourth-order valence-electron chi connectivity index (χ4n) is 2.19. The lowest BCUT2D eigenvalue weighted by molar-refractivity contribution is 0.119. The lowest BCUT2D eigenvalue weighted by atomic mass is 9.76. The van der Waals surface area contributed by atoms with E-state index in [2.05, 4.69) is 6.07 Å². The van der Waals surface area contributed by atoms with Crippen molar-refractivity contribution in [3.8, 4) is 11.8 Å². The number of hydrogen-bond donors (Lipinski definition) is 1. The molecule has 2 aromatic rings. The predicted octanol–water partition coefficient (Wildman–Crippen LogP) is 3.21. The smallest absolute Gasteiger partial charge is 0.118 e. The molecule has 20 heavy (non-hydrogen) atoms. The van der Waals surface area contributed by atoms with Gasteiger partial charge in [0, 0.05) is 0 Å². The fourth-order valence-corrected chi connectivity index (χ4v) is 2.19. The van der Waals surface area contributed by atoms with Crippen molar-refractivity contribution in [1.82, 2.24) is 0 Å². The molecule has 0 aliphatic heterocycles. The van der Waals surface area contributed by atoms with Crippen LogP contribution in [0.25, 0.3) is 0 Å². The van der Waals surface area contributed by atoms with Crippen LogP contribution in [-0.4, -0.2) is 12.2 Å². The second-order valence-electron chi connectivity index (χ2n) is 4.86. The Morgan fingerprint density at radius 2 is 1.70 bits per heavy atom. The second kappa shape index (κ2) is 5.77. The van der Waals surface area contributed by atoms with Crippen LogP contribution in [0.3, 0.4) is 0 Å². The molecule has 0 aliphatic rings. The van der Waals surface area contributed by atoms with Crippen LogP contribution in [0, 0.1) is 11.3 Å². The Hall–Kier alpha value is -2.31. The van der Waals surface area contributed by atoms with Crippen LogP contribution in [0.5, 0.6) is 5.75 Å². The minimum atomic E-state index is -1.01. The topological polar surface area (TPSA) is 53.2 Å². The number of nitriles is 1. The molecule has 0 bridgehead atoms. The summed E-state index contributed by atoms with van der Waals surface area (Å²) in [6, 6.07) is 18.7. The van der Waals surface area contributed by atoms with Gasteiger partial charge < -0.3 is 9.84 Å². The summed E-state index contributed by atoms with van der Waals surface area (Å²) >= 11 is 0. The largest absolute Gasteiger partial charge is 0.497 e. The number of aliphatic hydroxyl groups excluding tert-OH is 1. The van der Waals surface area contributed by atoms with Gasteiger partial charge in [-0.15, -0.1) is 0 Å². The molecule has 3 heteroatoms. The Balaban J connectivity index is 2.40. The van der Waals surface area contributed by atoms with Gasteiger partial charge in [-0.1, -0.05) is 42.5 Å². The maximum absolute atomic E-state index is 10.6. The summed E-state index contributed by atoms with van der Waals surface area (Å²) in [6.07, 6.45) is -0.887. The van der Waals surface area contributed by atoms with Gasteiger partial charge in [0.2, 0.25) is 0 Å². The SMILES string of the molecule is COc1ccc([C@](C)(C#N)[C@@H](O)c2ccccc2)cc1. The van der Waals surface area contributed by atoms with E-state index in [0.29, 0.717) is 0 Å². The van der Waals surface area contributed by atoms with Crippen LogP contribution in [0.2, 0.25) is 0 Å². The van der Waals surface area contributed by atoms with E-state index in [1.165, 1.54) is 0 Å². The number of rotatable bonds is 4. The van der Waals surface area contributed by atoms with E-state index in [0.717, 1.165) is 16.9 Å². The highest BCUT2D eigenvalue weighted by molar-refractivity contribution is 5.39. The second-order valence-corrected chi connectivity index (χ2v) is 4.86. The summed E-state index contributed by atoms with van der Waals surface area (Å²) in [7, 11) is 1.59. The molecule has 2 rings (SSSR count). The summed E-state index contributed by atoms with van der Waals surface area (Å²) < 4.78 is 5.12. The molecular formula is C17H17NO2. The zero-order valence-corrected chi connectivity index (χ0v) is 11.6. The van der Waals surface area contributed by atoms with Crippen LogP contribution in [-0.2, 0) is 5.41 Å². The minimum Gasteiger partial charge on any atom is -0.497 e. The van der Waals surface area contributed by atoms with Crippen molar-refractivity contribution in [1.29, 1.82) is 5.26 Å². The first kappa shape index (κ1) is 14.1. The molecule has 0 heterocycles. The van der Waals surface area contributed by atoms with Crippen molar-refractivity contribution in [2.45, 2.75) is 18.4 Å². The number of aliphatic hydroxyl groups is 1. The average molecular weight is 267 g/mol. The first-order chi connectivity index (χ1) is 9.61. The molecule has 102 valence electrons. The van der Waals surface area contributed by atoms with E-state index in [1.54, 1.807) is 26.2 Å². The van der Waals surface area contributed by atoms with Gasteiger partial charge >= 0.3 is 0 Å². The van der Waals surface area contributed by atoms with Crippen LogP contribution in [0.1, 0.15) is 24.2 Å². The third-order valence-corrected chi connectivity index (χ3v) is 3.58. The van der Waals surface area contributed by atoms with Crippen LogP contribution in [0.4, 0.5) is 0 Å². The van der Waals surface area contributed by atoms with Gasteiger partial charge in [0.1, 0.15) is 17.3 Å². The summed E-state index contributed by atoms with van der Waals surface area (Å²) in [4.78, 5) is 0. The highest BCUT2D eigenvalue weighted by Gasteiger charge is 2.36. The molecule has 1 N–H and O–H groups in total. The van der Waals surface area contributed by atoms with Crippen molar-refractivity contribution in [2.75, 3.05) is 7.11 Å². The molecule has 0 radical (unpaired) electrons. The lowest BCUT2D eigenvalue weighted by Gasteiger charge is -2.28. The number of nitrogens with zero attached hydrogens (tertiary/aromatic N) is 1. The standard InChI is InChI=1S/C17H17NO2/c1-17(12-18,14-8-10-15(20-2)11-9-14)16(19)13-6-4-3-5-7-13/h3-11,16,19H,1-2H3/t16-,17-/m0/s1. The predicted molar refractivity (Wildman–Crippen MR) is 77.4 cm³/mol. The molecule has 2 aromatic carbocycles. The van der Waals surface area contributed by atoms with Gasteiger partial charge in [-0.25, -0.2) is 0 Å². The molecule has 0 amide bonds. The zero-order valence-electron chi connectivity index (χ0n) is 11.6. The lowest BCUT2D eigenvalue weighted by Crippen LogP contribution is -2.28. The van der Waals surface area contributed by atoms with Gasteiger partial charge in [-0.2, -0.15) is 5.26 Å². The minimum absolute atomic E-state index is 0.725. The Morgan fingerprint density at radius 1 is 1.10 bits per heavy atom. The Labute approximate surface area is 119 Å². The van der Waals surface area contributed by atoms with Crippen molar-refractivity contribution in [3.63, 3.8) is 0 Å². The van der Waals surface area contributed by atoms with Crippen molar-refractivity contribution in [3.05, 3.63) is 65.7 Å². The molecule has 0 aromatic heterocycles. The maximum Gasteiger partial charge on any atom is 0.118 e. The quantitative estimate of drug-likeness (QED) is 0.925. The number of benzene rings is 2. The van der Waals surface area contributed by atoms with Crippen molar-refractivity contribution < 1.29 is 9.84 Å². The highest BCUT2D eigenvalue weighted by Crippen LogP contribution is 2.37. The zero-order chi connectivity index (χ0) is 14.6. The number of hydrogen-bond acceptors (Lipinski definition) is 3. The number of ether oxygens (including phenoxy) is 1. The Kier molecular flexibility index (Phi) is 4.07. The first-order valence-electron chi connectivity index (χ1n) is 6.40. The van der Waals surface area contributed by atoms with Gasteiger partial charge in [-0.3, -0.25) is 0 Å². The molecule has 2 atom stereocenters. The highest BCUT2D eigenvalue weighted by atomic mass is 16.5. The Bertz CT molecular complexity index is 601. The molecule has 0 fully saturated rings. The van der Waals surface area contributed by atoms with Crippen LogP contribution in [0.15, 0.2) is 54.6 Å². The van der Waals surface area contributed by atoms with E-state index in [4.69, 9.17) is 4.74 Å². The Morgan fingerprint density at radius 3 is 2.20 bits per heavy atom. The van der Waals surface area contributed by atoms with Gasteiger partial charge in [0.15, 0.2) is 0 Å². The third kappa shape index (κ3) is 2.52. The fraction of sp³-hybridized carbons (Fsp3) is 0.235. The molecule has 0 spiro atoms. The average Bonchev–Trinajstić information content (AvgIpc) is 2.54. The monoisotopic (exact) mass is 267 g/mol. The van der Waals surface area contributed by atoms with Crippen molar-refractivity contribution >= 4 is 0 Å². The van der Waals surface area contributed by atoms with Gasteiger partial charge in [-0.05, 0) is 30.2 Å². The first-order valence-corrected chi connectivity index (χ1v) is 6.40. The van der Waals surface area contributed by atoms with E-state index >= 15 is 0 Å². The molecule has 0 saturated carbocycles. The summed E-state index contributed by atoms with van der Waals surface area (Å²) in [5, 5.41) is 20.1. The molecule has 0 saturated heterocycles. The van der Waals surface area contributed by atoms with Crippen molar-refractivity contribution in [2.24, 2.45) is 0 Å². The third-order valence-electron chi connectivity index (χ3n) is 3.58. The molecular weight excluding hydrogens is 250 g/mol. The summed E-state index contributed by atoms with van der Waals surface area (Å²) in [6.45, 7) is 1.74. The van der Waals surface area contributed by atoms with Crippen LogP contribution < -0.4 is 4.74 Å². The normalized spacial score (nSPS) is 14.9. The summed E-state index contributed by atoms with van der Waals surface area (Å²) in [5.74, 6) is 0.725. The molecule has 3 nitrogen and oxygen atoms in total. The van der Waals surface area contributed by atoms with Gasteiger partial charge in [0.25, 0.3) is 0 Å². The van der Waals surface area contributed by atoms with E-state index < -0.39 is 11.5 Å². The van der Waals surface area contributed by atoms with Crippen LogP contribution >= 0.6 is 0 Å². The van der Waals surface area contributed by atoms with E-state index in [9.17, 15) is 10.4 Å². The summed E-state index contributed by atoms with van der Waals surface area (Å²) in [5.41, 5.74) is 0.484. The van der Waals surface area contributed by atoms with Gasteiger partial charge in [0.05, 0.1) is 13.2 Å². The molecule has 0 aliphatic carbocycles. The van der Waals surface area contributed by atoms with E-state index in [-0.39, 0.29) is 0 Å². The van der Waals surface area contributed by atoms with E-state index in [1.807, 2.05) is 42.5 Å². The maximum atomic E-state index is 10.6. The number of methoxy groups -OCH3 is 1. The molecule has 0 unspecified atom stereocenters.